The highest BCUT2D eigenvalue weighted by atomic mass is 35.5. The van der Waals surface area contributed by atoms with Gasteiger partial charge in [0.25, 0.3) is 0 Å². The molecule has 18 heavy (non-hydrogen) atoms. The van der Waals surface area contributed by atoms with E-state index in [0.717, 1.165) is 5.56 Å². The van der Waals surface area contributed by atoms with Crippen LogP contribution in [0, 0.1) is 6.92 Å². The van der Waals surface area contributed by atoms with Crippen molar-refractivity contribution in [3.8, 4) is 0 Å². The monoisotopic (exact) mass is 268 g/mol. The number of carbonyl (C=O) groups excluding carboxylic acids is 2. The predicted molar refractivity (Wildman–Crippen MR) is 71.0 cm³/mol. The Kier molecular flexibility index (Phi) is 5.86. The molecule has 0 saturated heterocycles. The molecular weight excluding hydrogens is 252 g/mol. The predicted octanol–water partition coefficient (Wildman–Crippen LogP) is 3.56. The van der Waals surface area contributed by atoms with Gasteiger partial charge in [-0.25, -0.2) is 0 Å². The highest BCUT2D eigenvalue weighted by Crippen LogP contribution is 2.21. The number of Topliss-reactive ketones (excluding diaryl/α,β-unsaturated/α-hetero) is 1. The Morgan fingerprint density at radius 2 is 2.00 bits per heavy atom. The first-order chi connectivity index (χ1) is 8.56. The van der Waals surface area contributed by atoms with Crippen LogP contribution in [0.15, 0.2) is 18.2 Å². The third-order valence-corrected chi connectivity index (χ3v) is 2.91. The van der Waals surface area contributed by atoms with E-state index in [1.807, 2.05) is 19.1 Å². The first kappa shape index (κ1) is 14.7. The van der Waals surface area contributed by atoms with Gasteiger partial charge in [-0.2, -0.15) is 0 Å². The number of rotatable bonds is 6. The Balaban J connectivity index is 2.53. The maximum atomic E-state index is 12.0. The van der Waals surface area contributed by atoms with Crippen LogP contribution in [0.5, 0.6) is 0 Å². The molecule has 0 saturated carbocycles. The van der Waals surface area contributed by atoms with Gasteiger partial charge in [0.05, 0.1) is 11.6 Å². The summed E-state index contributed by atoms with van der Waals surface area (Å²) in [5.74, 6) is -0.288. The molecule has 0 aliphatic carbocycles. The highest BCUT2D eigenvalue weighted by molar-refractivity contribution is 6.34. The summed E-state index contributed by atoms with van der Waals surface area (Å²) in [5.41, 5.74) is 1.42. The number of aryl methyl sites for hydroxylation is 1. The van der Waals surface area contributed by atoms with Crippen LogP contribution in [0.25, 0.3) is 0 Å². The summed E-state index contributed by atoms with van der Waals surface area (Å²) in [5, 5.41) is 0.469. The van der Waals surface area contributed by atoms with Crippen molar-refractivity contribution in [3.05, 3.63) is 34.3 Å². The van der Waals surface area contributed by atoms with Crippen molar-refractivity contribution in [1.82, 2.24) is 0 Å². The van der Waals surface area contributed by atoms with Crippen LogP contribution in [-0.4, -0.2) is 18.4 Å². The van der Waals surface area contributed by atoms with Crippen molar-refractivity contribution in [3.63, 3.8) is 0 Å². The Morgan fingerprint density at radius 3 is 2.61 bits per heavy atom. The molecule has 1 aromatic carbocycles. The van der Waals surface area contributed by atoms with E-state index in [4.69, 9.17) is 16.3 Å². The second-order valence-electron chi connectivity index (χ2n) is 4.01. The number of esters is 1. The summed E-state index contributed by atoms with van der Waals surface area (Å²) in [6.45, 7) is 3.98. The number of ketones is 1. The number of ether oxygens (including phenoxy) is 1. The van der Waals surface area contributed by atoms with E-state index >= 15 is 0 Å². The summed E-state index contributed by atoms with van der Waals surface area (Å²) in [6.07, 6.45) is 1.06. The fourth-order valence-electron chi connectivity index (χ4n) is 1.74. The van der Waals surface area contributed by atoms with Crippen LogP contribution in [0.3, 0.4) is 0 Å². The molecule has 0 aliphatic rings. The first-order valence-electron chi connectivity index (χ1n) is 6.00. The van der Waals surface area contributed by atoms with Crippen molar-refractivity contribution in [1.29, 1.82) is 0 Å². The van der Waals surface area contributed by atoms with Gasteiger partial charge in [-0.3, -0.25) is 9.59 Å². The summed E-state index contributed by atoms with van der Waals surface area (Å²) in [4.78, 5) is 23.1. The normalized spacial score (nSPS) is 10.2. The van der Waals surface area contributed by atoms with Gasteiger partial charge in [-0.05, 0) is 31.9 Å². The van der Waals surface area contributed by atoms with Crippen molar-refractivity contribution in [2.75, 3.05) is 6.61 Å². The molecule has 0 amide bonds. The van der Waals surface area contributed by atoms with Crippen LogP contribution < -0.4 is 0 Å². The molecule has 0 heterocycles. The molecule has 4 heteroatoms. The quantitative estimate of drug-likeness (QED) is 0.585. The van der Waals surface area contributed by atoms with Crippen molar-refractivity contribution >= 4 is 23.4 Å². The number of hydrogen-bond donors (Lipinski definition) is 0. The van der Waals surface area contributed by atoms with Crippen LogP contribution in [0.2, 0.25) is 5.02 Å². The van der Waals surface area contributed by atoms with Crippen LogP contribution in [0.4, 0.5) is 0 Å². The van der Waals surface area contributed by atoms with Gasteiger partial charge in [-0.15, -0.1) is 0 Å². The van der Waals surface area contributed by atoms with E-state index in [1.165, 1.54) is 0 Å². The first-order valence-corrected chi connectivity index (χ1v) is 6.38. The van der Waals surface area contributed by atoms with Crippen LogP contribution in [0.1, 0.15) is 42.1 Å². The fourth-order valence-corrected chi connectivity index (χ4v) is 2.06. The van der Waals surface area contributed by atoms with Crippen LogP contribution >= 0.6 is 11.6 Å². The Morgan fingerprint density at radius 1 is 1.28 bits per heavy atom. The lowest BCUT2D eigenvalue weighted by atomic mass is 10.0. The average Bonchev–Trinajstić information content (AvgIpc) is 2.29. The van der Waals surface area contributed by atoms with E-state index in [2.05, 4.69) is 0 Å². The van der Waals surface area contributed by atoms with Crippen LogP contribution in [-0.2, 0) is 9.53 Å². The van der Waals surface area contributed by atoms with Gasteiger partial charge in [0.1, 0.15) is 0 Å². The molecule has 0 unspecified atom stereocenters. The van der Waals surface area contributed by atoms with E-state index in [9.17, 15) is 9.59 Å². The molecule has 98 valence electrons. The molecule has 0 aromatic heterocycles. The van der Waals surface area contributed by atoms with E-state index in [1.54, 1.807) is 13.0 Å². The van der Waals surface area contributed by atoms with Crippen molar-refractivity contribution in [2.24, 2.45) is 0 Å². The maximum Gasteiger partial charge on any atom is 0.305 e. The zero-order chi connectivity index (χ0) is 13.5. The molecule has 0 aliphatic heterocycles. The zero-order valence-electron chi connectivity index (χ0n) is 10.7. The van der Waals surface area contributed by atoms with Gasteiger partial charge < -0.3 is 4.74 Å². The number of benzene rings is 1. The third kappa shape index (κ3) is 4.15. The summed E-state index contributed by atoms with van der Waals surface area (Å²) >= 11 is 6.00. The number of carbonyl (C=O) groups is 2. The molecule has 3 nitrogen and oxygen atoms in total. The van der Waals surface area contributed by atoms with Crippen molar-refractivity contribution in [2.45, 2.75) is 33.1 Å². The topological polar surface area (TPSA) is 43.4 Å². The van der Waals surface area contributed by atoms with Gasteiger partial charge in [0.2, 0.25) is 0 Å². The number of hydrogen-bond acceptors (Lipinski definition) is 3. The standard InChI is InChI=1S/C14H17ClO3/c1-3-18-13(17)9-5-8-12(16)14-10(2)6-4-7-11(14)15/h4,6-7H,3,5,8-9H2,1-2H3. The second-order valence-corrected chi connectivity index (χ2v) is 4.42. The van der Waals surface area contributed by atoms with E-state index in [-0.39, 0.29) is 18.2 Å². The van der Waals surface area contributed by atoms with E-state index < -0.39 is 0 Å². The molecule has 0 atom stereocenters. The lowest BCUT2D eigenvalue weighted by Gasteiger charge is -2.07. The molecule has 0 N–H and O–H groups in total. The average molecular weight is 269 g/mol. The molecule has 0 bridgehead atoms. The fraction of sp³-hybridized carbons (Fsp3) is 0.429. The van der Waals surface area contributed by atoms with E-state index in [0.29, 0.717) is 30.0 Å². The molecule has 0 radical (unpaired) electrons. The van der Waals surface area contributed by atoms with Gasteiger partial charge in [-0.1, -0.05) is 23.7 Å². The Bertz CT molecular complexity index is 420. The Labute approximate surface area is 112 Å². The SMILES string of the molecule is CCOC(=O)CCCC(=O)c1c(C)cccc1Cl. The van der Waals surface area contributed by atoms with Gasteiger partial charge >= 0.3 is 5.97 Å². The smallest absolute Gasteiger partial charge is 0.305 e. The Hall–Kier alpha value is -1.35. The lowest BCUT2D eigenvalue weighted by Crippen LogP contribution is -2.07. The minimum absolute atomic E-state index is 0.0256. The van der Waals surface area contributed by atoms with Crippen molar-refractivity contribution < 1.29 is 14.3 Å². The largest absolute Gasteiger partial charge is 0.466 e. The van der Waals surface area contributed by atoms with Gasteiger partial charge in [0, 0.05) is 18.4 Å². The summed E-state index contributed by atoms with van der Waals surface area (Å²) in [6, 6.07) is 5.37. The third-order valence-electron chi connectivity index (χ3n) is 2.59. The molecular formula is C14H17ClO3. The molecule has 0 spiro atoms. The molecule has 1 rings (SSSR count). The molecule has 1 aromatic rings. The maximum absolute atomic E-state index is 12.0. The minimum atomic E-state index is -0.263. The number of halogens is 1. The summed E-state index contributed by atoms with van der Waals surface area (Å²) in [7, 11) is 0. The minimum Gasteiger partial charge on any atom is -0.466 e. The highest BCUT2D eigenvalue weighted by Gasteiger charge is 2.13. The zero-order valence-corrected chi connectivity index (χ0v) is 11.4. The second kappa shape index (κ2) is 7.17. The summed E-state index contributed by atoms with van der Waals surface area (Å²) < 4.78 is 4.80. The lowest BCUT2D eigenvalue weighted by molar-refractivity contribution is -0.143. The molecule has 0 fully saturated rings. The van der Waals surface area contributed by atoms with Gasteiger partial charge in [0.15, 0.2) is 5.78 Å².